The molecule has 0 unspecified atom stereocenters. The molecule has 1 aliphatic heterocycles. The Kier molecular flexibility index (Phi) is 2.97. The van der Waals surface area contributed by atoms with Crippen molar-refractivity contribution in [2.24, 2.45) is 10.7 Å². The first kappa shape index (κ1) is 10.8. The van der Waals surface area contributed by atoms with Gasteiger partial charge in [-0.2, -0.15) is 4.99 Å². The number of hydrogen-bond donors (Lipinski definition) is 2. The van der Waals surface area contributed by atoms with Crippen LogP contribution in [0.5, 0.6) is 0 Å². The molecule has 0 fully saturated rings. The minimum Gasteiger partial charge on any atom is -0.394 e. The van der Waals surface area contributed by atoms with Crippen molar-refractivity contribution in [1.29, 1.82) is 0 Å². The molecule has 0 atom stereocenters. The fourth-order valence-electron chi connectivity index (χ4n) is 1.50. The van der Waals surface area contributed by atoms with Crippen molar-refractivity contribution in [3.05, 3.63) is 17.7 Å². The van der Waals surface area contributed by atoms with Crippen LogP contribution in [0.1, 0.15) is 16.2 Å². The molecule has 0 aromatic carbocycles. The number of nitrogens with zero attached hydrogens (tertiary/aromatic N) is 3. The van der Waals surface area contributed by atoms with Crippen molar-refractivity contribution in [3.63, 3.8) is 0 Å². The highest BCUT2D eigenvalue weighted by atomic mass is 16.5. The van der Waals surface area contributed by atoms with Crippen molar-refractivity contribution in [3.8, 4) is 0 Å². The van der Waals surface area contributed by atoms with Crippen LogP contribution in [0.15, 0.2) is 11.3 Å². The molecule has 7 nitrogen and oxygen atoms in total. The number of aliphatic hydroxyl groups is 1. The summed E-state index contributed by atoms with van der Waals surface area (Å²) < 4.78 is 6.83. The van der Waals surface area contributed by atoms with E-state index in [0.717, 1.165) is 0 Å². The number of aliphatic hydroxyl groups excluding tert-OH is 1. The molecular formula is C9H12N4O3. The van der Waals surface area contributed by atoms with Gasteiger partial charge in [0.15, 0.2) is 5.69 Å². The molecule has 1 aromatic rings. The van der Waals surface area contributed by atoms with Gasteiger partial charge in [-0.15, -0.1) is 0 Å². The van der Waals surface area contributed by atoms with E-state index in [4.69, 9.17) is 15.6 Å². The number of fused-ring (bicyclic) bond motifs is 1. The quantitative estimate of drug-likeness (QED) is 0.632. The van der Waals surface area contributed by atoms with E-state index < -0.39 is 5.91 Å². The average Bonchev–Trinajstić information content (AvgIpc) is 2.62. The number of hydrogen-bond acceptors (Lipinski definition) is 5. The molecule has 0 saturated heterocycles. The van der Waals surface area contributed by atoms with E-state index >= 15 is 0 Å². The van der Waals surface area contributed by atoms with Gasteiger partial charge in [0.1, 0.15) is 12.6 Å². The normalized spacial score (nSPS) is 14.8. The summed E-state index contributed by atoms with van der Waals surface area (Å²) in [6.45, 7) is 0.438. The summed E-state index contributed by atoms with van der Waals surface area (Å²) in [7, 11) is 0. The number of ether oxygens (including phenoxy) is 1. The van der Waals surface area contributed by atoms with Crippen molar-refractivity contribution in [2.75, 3.05) is 13.2 Å². The van der Waals surface area contributed by atoms with Crippen LogP contribution in [0.3, 0.4) is 0 Å². The van der Waals surface area contributed by atoms with Crippen LogP contribution < -0.4 is 5.73 Å². The maximum Gasteiger partial charge on any atom is 0.299 e. The highest BCUT2D eigenvalue weighted by Gasteiger charge is 2.23. The number of amidine groups is 1. The fourth-order valence-corrected chi connectivity index (χ4v) is 1.50. The molecule has 86 valence electrons. The first-order chi connectivity index (χ1) is 7.72. The molecule has 0 bridgehead atoms. The van der Waals surface area contributed by atoms with Gasteiger partial charge < -0.3 is 20.1 Å². The zero-order valence-corrected chi connectivity index (χ0v) is 8.59. The van der Waals surface area contributed by atoms with Gasteiger partial charge in [-0.05, 0) is 0 Å². The maximum absolute atomic E-state index is 11.4. The Morgan fingerprint density at radius 2 is 2.44 bits per heavy atom. The van der Waals surface area contributed by atoms with E-state index in [9.17, 15) is 4.79 Å². The molecule has 16 heavy (non-hydrogen) atoms. The van der Waals surface area contributed by atoms with Crippen molar-refractivity contribution in [2.45, 2.75) is 13.2 Å². The van der Waals surface area contributed by atoms with Gasteiger partial charge in [0.05, 0.1) is 25.2 Å². The summed E-state index contributed by atoms with van der Waals surface area (Å²) in [6, 6.07) is 0. The Morgan fingerprint density at radius 1 is 1.62 bits per heavy atom. The largest absolute Gasteiger partial charge is 0.394 e. The SMILES string of the molecule is NC1=NC(=O)c2ncn(COCCO)c2C1. The number of amides is 1. The second-order valence-corrected chi connectivity index (χ2v) is 3.36. The average molecular weight is 224 g/mol. The number of aromatic nitrogens is 2. The van der Waals surface area contributed by atoms with Crippen LogP contribution in [0, 0.1) is 0 Å². The molecule has 3 N–H and O–H groups in total. The lowest BCUT2D eigenvalue weighted by atomic mass is 10.2. The van der Waals surface area contributed by atoms with E-state index in [2.05, 4.69) is 9.98 Å². The predicted molar refractivity (Wildman–Crippen MR) is 54.9 cm³/mol. The third kappa shape index (κ3) is 1.95. The topological polar surface area (TPSA) is 103 Å². The van der Waals surface area contributed by atoms with E-state index in [1.165, 1.54) is 6.33 Å². The highest BCUT2D eigenvalue weighted by molar-refractivity contribution is 6.06. The molecule has 1 aromatic heterocycles. The lowest BCUT2D eigenvalue weighted by Gasteiger charge is -2.11. The van der Waals surface area contributed by atoms with Gasteiger partial charge in [-0.3, -0.25) is 4.79 Å². The molecule has 2 heterocycles. The third-order valence-corrected chi connectivity index (χ3v) is 2.21. The number of aliphatic imine (C=N–C) groups is 1. The molecule has 0 saturated carbocycles. The van der Waals surface area contributed by atoms with Crippen molar-refractivity contribution >= 4 is 11.7 Å². The number of carbonyl (C=O) groups is 1. The van der Waals surface area contributed by atoms with Gasteiger partial charge in [0.2, 0.25) is 0 Å². The Hall–Kier alpha value is -1.73. The maximum atomic E-state index is 11.4. The summed E-state index contributed by atoms with van der Waals surface area (Å²) in [5.41, 5.74) is 6.56. The van der Waals surface area contributed by atoms with Crippen LogP contribution in [0.2, 0.25) is 0 Å². The van der Waals surface area contributed by atoms with Crippen LogP contribution in [-0.2, 0) is 17.9 Å². The molecule has 0 aliphatic carbocycles. The summed E-state index contributed by atoms with van der Waals surface area (Å²) in [5.74, 6) is -0.138. The highest BCUT2D eigenvalue weighted by Crippen LogP contribution is 2.14. The zero-order valence-electron chi connectivity index (χ0n) is 8.59. The number of nitrogens with two attached hydrogens (primary N) is 1. The Labute approximate surface area is 91.6 Å². The van der Waals surface area contributed by atoms with E-state index in [1.807, 2.05) is 0 Å². The summed E-state index contributed by atoms with van der Waals surface area (Å²) >= 11 is 0. The molecule has 0 radical (unpaired) electrons. The monoisotopic (exact) mass is 224 g/mol. The van der Waals surface area contributed by atoms with Gasteiger partial charge in [0, 0.05) is 6.42 Å². The number of carbonyl (C=O) groups excluding carboxylic acids is 1. The first-order valence-corrected chi connectivity index (χ1v) is 4.82. The molecule has 1 aliphatic rings. The second-order valence-electron chi connectivity index (χ2n) is 3.36. The molecule has 2 rings (SSSR count). The fraction of sp³-hybridized carbons (Fsp3) is 0.444. The third-order valence-electron chi connectivity index (χ3n) is 2.21. The predicted octanol–water partition coefficient (Wildman–Crippen LogP) is -1.10. The smallest absolute Gasteiger partial charge is 0.299 e. The summed E-state index contributed by atoms with van der Waals surface area (Å²) in [6.07, 6.45) is 1.90. The van der Waals surface area contributed by atoms with Crippen LogP contribution >= 0.6 is 0 Å². The first-order valence-electron chi connectivity index (χ1n) is 4.82. The van der Waals surface area contributed by atoms with Gasteiger partial charge in [-0.25, -0.2) is 4.98 Å². The Bertz CT molecular complexity index is 438. The van der Waals surface area contributed by atoms with Crippen LogP contribution in [-0.4, -0.2) is 39.6 Å². The lowest BCUT2D eigenvalue weighted by molar-refractivity contribution is 0.0470. The molecule has 7 heteroatoms. The summed E-state index contributed by atoms with van der Waals surface area (Å²) in [5, 5.41) is 8.57. The van der Waals surface area contributed by atoms with E-state index in [0.29, 0.717) is 17.8 Å². The lowest BCUT2D eigenvalue weighted by Crippen LogP contribution is -2.25. The second kappa shape index (κ2) is 4.42. The number of rotatable bonds is 4. The number of imidazole rings is 1. The van der Waals surface area contributed by atoms with Gasteiger partial charge >= 0.3 is 0 Å². The van der Waals surface area contributed by atoms with Crippen LogP contribution in [0.4, 0.5) is 0 Å². The summed E-state index contributed by atoms with van der Waals surface area (Å²) in [4.78, 5) is 19.0. The Balaban J connectivity index is 2.16. The zero-order chi connectivity index (χ0) is 11.5. The molecule has 1 amide bonds. The minimum atomic E-state index is -0.417. The minimum absolute atomic E-state index is 0.0422. The standard InChI is InChI=1S/C9H12N4O3/c10-7-3-6-8(9(15)12-7)11-4-13(6)5-16-2-1-14/h4,14H,1-3,5H2,(H2,10,12,15). The van der Waals surface area contributed by atoms with Crippen molar-refractivity contribution < 1.29 is 14.6 Å². The van der Waals surface area contributed by atoms with Gasteiger partial charge in [0.25, 0.3) is 5.91 Å². The molecular weight excluding hydrogens is 212 g/mol. The van der Waals surface area contributed by atoms with Gasteiger partial charge in [-0.1, -0.05) is 0 Å². The molecule has 0 spiro atoms. The van der Waals surface area contributed by atoms with E-state index in [-0.39, 0.29) is 25.8 Å². The van der Waals surface area contributed by atoms with E-state index in [1.54, 1.807) is 4.57 Å². The Morgan fingerprint density at radius 3 is 3.19 bits per heavy atom. The van der Waals surface area contributed by atoms with Crippen LogP contribution in [0.25, 0.3) is 0 Å². The van der Waals surface area contributed by atoms with Crippen molar-refractivity contribution in [1.82, 2.24) is 9.55 Å².